The van der Waals surface area contributed by atoms with Crippen molar-refractivity contribution in [2.45, 2.75) is 276 Å². The molecule has 1 aromatic rings. The molecule has 2 N–H and O–H groups in total. The highest BCUT2D eigenvalue weighted by atomic mass is 16.7. The standard InChI is InChI=1S/C57H97NO12/c1-6-8-10-12-14-16-18-20-21-22-24-26-28-30-32-34-51(60)58-48-42-67-57-55(66-41-46-35-37-47(64-5)38-36-46)44(3)54(63)50(70-57)43-65-52(61)39-40-53(62)69-49(56(48)68-45(4)59)33-31-29-27-25-23-19-17-15-13-11-9-7-2/h35-38,44,48-50,54-57,63H,6-34,39-43H2,1-5H3,(H,58,60)/t44-,48-,49+,50?,54-,55?,56-,57?/m0/s1. The molecule has 0 radical (unpaired) electrons. The molecule has 1 amide bonds. The van der Waals surface area contributed by atoms with E-state index in [9.17, 15) is 24.3 Å². The third-order valence-corrected chi connectivity index (χ3v) is 14.0. The van der Waals surface area contributed by atoms with Gasteiger partial charge in [-0.2, -0.15) is 0 Å². The van der Waals surface area contributed by atoms with Crippen LogP contribution in [0.2, 0.25) is 0 Å². The number of unbranched alkanes of at least 4 members (excludes halogenated alkanes) is 25. The van der Waals surface area contributed by atoms with Gasteiger partial charge in [0.05, 0.1) is 45.3 Å². The van der Waals surface area contributed by atoms with E-state index in [1.807, 2.05) is 31.2 Å². The highest BCUT2D eigenvalue weighted by Gasteiger charge is 2.46. The summed E-state index contributed by atoms with van der Waals surface area (Å²) >= 11 is 0. The van der Waals surface area contributed by atoms with Gasteiger partial charge in [0.25, 0.3) is 0 Å². The van der Waals surface area contributed by atoms with E-state index in [1.54, 1.807) is 7.11 Å². The quantitative estimate of drug-likeness (QED) is 0.0376. The maximum atomic E-state index is 13.9. The van der Waals surface area contributed by atoms with Crippen LogP contribution < -0.4 is 10.1 Å². The Morgan fingerprint density at radius 2 is 1.17 bits per heavy atom. The summed E-state index contributed by atoms with van der Waals surface area (Å²) in [6.45, 7) is 7.31. The van der Waals surface area contributed by atoms with E-state index in [0.717, 1.165) is 44.1 Å². The summed E-state index contributed by atoms with van der Waals surface area (Å²) in [5, 5.41) is 14.6. The van der Waals surface area contributed by atoms with Crippen molar-refractivity contribution in [1.82, 2.24) is 5.32 Å². The monoisotopic (exact) mass is 988 g/mol. The molecule has 0 saturated carbocycles. The molecule has 2 fully saturated rings. The maximum absolute atomic E-state index is 13.9. The number of hydrogen-bond donors (Lipinski definition) is 2. The number of ether oxygens (including phenoxy) is 7. The lowest BCUT2D eigenvalue weighted by molar-refractivity contribution is -0.301. The van der Waals surface area contributed by atoms with Crippen molar-refractivity contribution in [1.29, 1.82) is 0 Å². The molecule has 13 heteroatoms. The first-order valence-electron chi connectivity index (χ1n) is 28.1. The molecule has 3 unspecified atom stereocenters. The smallest absolute Gasteiger partial charge is 0.306 e. The van der Waals surface area contributed by atoms with Crippen LogP contribution in [0.25, 0.3) is 0 Å². The van der Waals surface area contributed by atoms with Crippen LogP contribution in [-0.4, -0.2) is 92.1 Å². The molecule has 2 aliphatic heterocycles. The van der Waals surface area contributed by atoms with Crippen molar-refractivity contribution in [3.8, 4) is 5.75 Å². The van der Waals surface area contributed by atoms with Gasteiger partial charge in [0, 0.05) is 19.3 Å². The molecular formula is C57H97NO12. The number of carbonyl (C=O) groups excluding carboxylic acids is 4. The number of fused-ring (bicyclic) bond motifs is 2. The largest absolute Gasteiger partial charge is 0.497 e. The van der Waals surface area contributed by atoms with Crippen molar-refractivity contribution in [2.24, 2.45) is 5.92 Å². The van der Waals surface area contributed by atoms with Crippen molar-refractivity contribution in [3.63, 3.8) is 0 Å². The van der Waals surface area contributed by atoms with Crippen LogP contribution in [0.3, 0.4) is 0 Å². The Hall–Kier alpha value is -3.26. The number of nitrogens with one attached hydrogen (secondary N) is 1. The Morgan fingerprint density at radius 3 is 1.69 bits per heavy atom. The topological polar surface area (TPSA) is 165 Å². The predicted molar refractivity (Wildman–Crippen MR) is 274 cm³/mol. The zero-order chi connectivity index (χ0) is 50.6. The summed E-state index contributed by atoms with van der Waals surface area (Å²) in [6.07, 6.45) is 26.2. The van der Waals surface area contributed by atoms with Crippen LogP contribution >= 0.6 is 0 Å². The number of benzene rings is 1. The summed E-state index contributed by atoms with van der Waals surface area (Å²) in [7, 11) is 1.60. The lowest BCUT2D eigenvalue weighted by Gasteiger charge is -2.43. The van der Waals surface area contributed by atoms with E-state index in [1.165, 1.54) is 129 Å². The molecule has 0 spiro atoms. The number of hydrogen-bond acceptors (Lipinski definition) is 12. The molecular weight excluding hydrogens is 891 g/mol. The molecule has 13 nitrogen and oxygen atoms in total. The van der Waals surface area contributed by atoms with Gasteiger partial charge in [-0.05, 0) is 37.0 Å². The molecule has 2 bridgehead atoms. The number of aliphatic hydroxyl groups excluding tert-OH is 1. The maximum Gasteiger partial charge on any atom is 0.306 e. The van der Waals surface area contributed by atoms with Gasteiger partial charge < -0.3 is 43.6 Å². The van der Waals surface area contributed by atoms with Crippen LogP contribution in [0.15, 0.2) is 24.3 Å². The Morgan fingerprint density at radius 1 is 0.671 bits per heavy atom. The molecule has 2 saturated heterocycles. The molecule has 3 rings (SSSR count). The number of methoxy groups -OCH3 is 1. The number of amides is 1. The van der Waals surface area contributed by atoms with Crippen LogP contribution in [0.4, 0.5) is 0 Å². The fraction of sp³-hybridized carbons (Fsp3) is 0.825. The lowest BCUT2D eigenvalue weighted by Crippen LogP contribution is -2.58. The molecule has 402 valence electrons. The van der Waals surface area contributed by atoms with E-state index in [0.29, 0.717) is 25.0 Å². The third kappa shape index (κ3) is 26.4. The van der Waals surface area contributed by atoms with Crippen LogP contribution in [0.5, 0.6) is 5.75 Å². The van der Waals surface area contributed by atoms with E-state index in [-0.39, 0.29) is 45.0 Å². The summed E-state index contributed by atoms with van der Waals surface area (Å²) in [4.78, 5) is 53.3. The SMILES string of the molecule is CCCCCCCCCCCCCCCCCC(=O)N[C@H]1COC2OC(COC(=O)CCC(=O)O[C@H](CCCCCCCCCCCCCC)[C@H]1OC(C)=O)[C@@H](O)[C@H](C)C2OCc1ccc(OC)cc1. The van der Waals surface area contributed by atoms with Gasteiger partial charge in [0.2, 0.25) is 5.91 Å². The van der Waals surface area contributed by atoms with E-state index < -0.39 is 66.7 Å². The van der Waals surface area contributed by atoms with Gasteiger partial charge in [-0.15, -0.1) is 0 Å². The van der Waals surface area contributed by atoms with E-state index >= 15 is 0 Å². The second kappa shape index (κ2) is 38.4. The molecule has 2 aliphatic rings. The zero-order valence-corrected chi connectivity index (χ0v) is 44.4. The fourth-order valence-corrected chi connectivity index (χ4v) is 9.65. The zero-order valence-electron chi connectivity index (χ0n) is 44.4. The number of cyclic esters (lactones) is 2. The van der Waals surface area contributed by atoms with Gasteiger partial charge in [-0.1, -0.05) is 193 Å². The van der Waals surface area contributed by atoms with E-state index in [2.05, 4.69) is 19.2 Å². The molecule has 2 heterocycles. The highest BCUT2D eigenvalue weighted by Crippen LogP contribution is 2.32. The average molecular weight is 988 g/mol. The molecule has 8 atom stereocenters. The minimum absolute atomic E-state index is 0.168. The Balaban J connectivity index is 1.74. The average Bonchev–Trinajstić information content (AvgIpc) is 3.35. The third-order valence-electron chi connectivity index (χ3n) is 14.0. The highest BCUT2D eigenvalue weighted by molar-refractivity contribution is 5.78. The first kappa shape index (κ1) is 61.0. The van der Waals surface area contributed by atoms with Gasteiger partial charge in [0.1, 0.15) is 30.7 Å². The number of rotatable bonds is 35. The normalized spacial score (nSPS) is 23.4. The first-order chi connectivity index (χ1) is 34.1. The number of esters is 3. The number of carbonyl (C=O) groups is 4. The van der Waals surface area contributed by atoms with Crippen LogP contribution in [0.1, 0.15) is 232 Å². The second-order valence-electron chi connectivity index (χ2n) is 20.2. The van der Waals surface area contributed by atoms with Crippen LogP contribution in [-0.2, 0) is 54.2 Å². The summed E-state index contributed by atoms with van der Waals surface area (Å²) < 4.78 is 42.3. The molecule has 0 aliphatic carbocycles. The Bertz CT molecular complexity index is 1520. The van der Waals surface area contributed by atoms with Gasteiger partial charge in [-0.25, -0.2) is 0 Å². The van der Waals surface area contributed by atoms with Gasteiger partial charge in [0.15, 0.2) is 12.4 Å². The molecule has 0 aromatic heterocycles. The first-order valence-corrected chi connectivity index (χ1v) is 28.1. The van der Waals surface area contributed by atoms with Crippen LogP contribution in [0, 0.1) is 5.92 Å². The van der Waals surface area contributed by atoms with Crippen molar-refractivity contribution in [3.05, 3.63) is 29.8 Å². The lowest BCUT2D eigenvalue weighted by atomic mass is 9.90. The predicted octanol–water partition coefficient (Wildman–Crippen LogP) is 12.3. The Kier molecular flexibility index (Phi) is 33.5. The number of aliphatic hydroxyl groups is 1. The van der Waals surface area contributed by atoms with Crippen molar-refractivity contribution in [2.75, 3.05) is 20.3 Å². The fourth-order valence-electron chi connectivity index (χ4n) is 9.65. The van der Waals surface area contributed by atoms with Gasteiger partial charge in [-0.3, -0.25) is 19.2 Å². The minimum Gasteiger partial charge on any atom is -0.497 e. The summed E-state index contributed by atoms with van der Waals surface area (Å²) in [5.74, 6) is -1.96. The molecule has 1 aromatic carbocycles. The van der Waals surface area contributed by atoms with Crippen molar-refractivity contribution < 1.29 is 57.4 Å². The summed E-state index contributed by atoms with van der Waals surface area (Å²) in [5.41, 5.74) is 0.858. The molecule has 70 heavy (non-hydrogen) atoms. The second-order valence-corrected chi connectivity index (χ2v) is 20.2. The summed E-state index contributed by atoms with van der Waals surface area (Å²) in [6, 6.07) is 6.49. The van der Waals surface area contributed by atoms with E-state index in [4.69, 9.17) is 33.2 Å². The van der Waals surface area contributed by atoms with Gasteiger partial charge >= 0.3 is 17.9 Å². The minimum atomic E-state index is -1.11. The Labute approximate surface area is 423 Å². The van der Waals surface area contributed by atoms with Crippen molar-refractivity contribution >= 4 is 23.8 Å².